The number of hydrogen-bond donors (Lipinski definition) is 3. The van der Waals surface area contributed by atoms with Crippen molar-refractivity contribution >= 4 is 11.9 Å². The quantitative estimate of drug-likeness (QED) is 0.503. The molecule has 33 heavy (non-hydrogen) atoms. The zero-order chi connectivity index (χ0) is 23.2. The van der Waals surface area contributed by atoms with Crippen LogP contribution in [0.25, 0.3) is 0 Å². The number of hydrogen-bond acceptors (Lipinski definition) is 10. The summed E-state index contributed by atoms with van der Waals surface area (Å²) in [6, 6.07) is 8.47. The van der Waals surface area contributed by atoms with Gasteiger partial charge in [0.25, 0.3) is 0 Å². The lowest BCUT2D eigenvalue weighted by Crippen LogP contribution is -2.83. The van der Waals surface area contributed by atoms with E-state index in [1.165, 1.54) is 0 Å². The highest BCUT2D eigenvalue weighted by Gasteiger charge is 2.88. The minimum absolute atomic E-state index is 0.254. The number of aliphatic hydroxyl groups excluding tert-OH is 3. The molecule has 10 nitrogen and oxygen atoms in total. The van der Waals surface area contributed by atoms with Gasteiger partial charge in [0, 0.05) is 12.3 Å². The second-order valence-corrected chi connectivity index (χ2v) is 9.88. The minimum Gasteiger partial charge on any atom is -0.461 e. The Morgan fingerprint density at radius 2 is 1.91 bits per heavy atom. The Morgan fingerprint density at radius 3 is 2.64 bits per heavy atom. The fourth-order valence-electron chi connectivity index (χ4n) is 6.59. The lowest BCUT2D eigenvalue weighted by Gasteiger charge is -2.69. The van der Waals surface area contributed by atoms with Crippen molar-refractivity contribution in [2.75, 3.05) is 13.2 Å². The van der Waals surface area contributed by atoms with Crippen LogP contribution in [-0.2, 0) is 28.5 Å². The summed E-state index contributed by atoms with van der Waals surface area (Å²) in [5.74, 6) is -1.35. The first-order chi connectivity index (χ1) is 15.8. The van der Waals surface area contributed by atoms with E-state index in [1.54, 1.807) is 30.3 Å². The van der Waals surface area contributed by atoms with Gasteiger partial charge in [-0.1, -0.05) is 18.2 Å². The molecule has 1 aromatic carbocycles. The summed E-state index contributed by atoms with van der Waals surface area (Å²) < 4.78 is 29.7. The smallest absolute Gasteiger partial charge is 0.338 e. The Balaban J connectivity index is 1.33. The maximum absolute atomic E-state index is 13.3. The second-order valence-electron chi connectivity index (χ2n) is 9.88. The molecule has 0 radical (unpaired) electrons. The number of carbonyl (C=O) groups is 2. The van der Waals surface area contributed by atoms with Crippen molar-refractivity contribution in [3.63, 3.8) is 0 Å². The van der Waals surface area contributed by atoms with Crippen molar-refractivity contribution in [2.24, 2.45) is 11.3 Å². The zero-order valence-corrected chi connectivity index (χ0v) is 18.0. The Kier molecular flexibility index (Phi) is 4.53. The van der Waals surface area contributed by atoms with E-state index >= 15 is 0 Å². The van der Waals surface area contributed by atoms with Gasteiger partial charge >= 0.3 is 11.9 Å². The predicted molar refractivity (Wildman–Crippen MR) is 107 cm³/mol. The molecule has 3 aliphatic heterocycles. The average Bonchev–Trinajstić information content (AvgIpc) is 2.94. The molecule has 7 rings (SSSR count). The molecule has 1 aromatic rings. The van der Waals surface area contributed by atoms with E-state index in [4.69, 9.17) is 23.7 Å². The van der Waals surface area contributed by atoms with Gasteiger partial charge in [-0.05, 0) is 25.5 Å². The van der Waals surface area contributed by atoms with E-state index in [9.17, 15) is 24.9 Å². The molecule has 3 N–H and O–H groups in total. The third-order valence-corrected chi connectivity index (χ3v) is 8.31. The van der Waals surface area contributed by atoms with Gasteiger partial charge in [-0.2, -0.15) is 0 Å². The van der Waals surface area contributed by atoms with E-state index in [0.29, 0.717) is 18.4 Å². The predicted octanol–water partition coefficient (Wildman–Crippen LogP) is -0.469. The van der Waals surface area contributed by atoms with Crippen molar-refractivity contribution in [1.82, 2.24) is 0 Å². The van der Waals surface area contributed by atoms with Gasteiger partial charge in [0.1, 0.15) is 47.6 Å². The molecule has 4 bridgehead atoms. The lowest BCUT2D eigenvalue weighted by atomic mass is 9.40. The maximum Gasteiger partial charge on any atom is 0.338 e. The van der Waals surface area contributed by atoms with Gasteiger partial charge < -0.3 is 39.0 Å². The van der Waals surface area contributed by atoms with Gasteiger partial charge in [-0.25, -0.2) is 4.79 Å². The van der Waals surface area contributed by atoms with Crippen LogP contribution >= 0.6 is 0 Å². The zero-order valence-electron chi connectivity index (χ0n) is 18.0. The number of carbonyl (C=O) groups excluding carboxylic acids is 2. The van der Waals surface area contributed by atoms with Gasteiger partial charge in [0.2, 0.25) is 0 Å². The van der Waals surface area contributed by atoms with Gasteiger partial charge in [-0.15, -0.1) is 0 Å². The molecular weight excluding hydrogens is 436 g/mol. The first-order valence-electron chi connectivity index (χ1n) is 11.2. The molecule has 6 fully saturated rings. The van der Waals surface area contributed by atoms with Gasteiger partial charge in [0.05, 0.1) is 18.3 Å². The third kappa shape index (κ3) is 2.59. The molecule has 6 aliphatic rings. The van der Waals surface area contributed by atoms with E-state index in [0.717, 1.165) is 0 Å². The Bertz CT molecular complexity index is 985. The maximum atomic E-state index is 13.3. The van der Waals surface area contributed by atoms with Crippen molar-refractivity contribution in [1.29, 1.82) is 0 Å². The lowest BCUT2D eigenvalue weighted by molar-refractivity contribution is -0.442. The molecule has 3 aliphatic carbocycles. The third-order valence-electron chi connectivity index (χ3n) is 8.31. The van der Waals surface area contributed by atoms with Gasteiger partial charge in [0.15, 0.2) is 6.29 Å². The molecule has 10 heteroatoms. The molecule has 178 valence electrons. The summed E-state index contributed by atoms with van der Waals surface area (Å²) in [6.45, 7) is 1.09. The van der Waals surface area contributed by atoms with Crippen LogP contribution in [0.1, 0.15) is 30.1 Å². The highest BCUT2D eigenvalue weighted by Crippen LogP contribution is 2.74. The molecule has 3 saturated carbocycles. The Hall–Kier alpha value is -2.08. The molecule has 1 spiro atoms. The average molecular weight is 462 g/mol. The largest absolute Gasteiger partial charge is 0.461 e. The van der Waals surface area contributed by atoms with E-state index in [1.807, 2.05) is 6.92 Å². The normalized spacial score (nSPS) is 49.3. The van der Waals surface area contributed by atoms with Crippen LogP contribution < -0.4 is 0 Å². The standard InChI is InChI=1S/C23H26O10/c1-21-8-14-23(32-17-16(26)15(25)12(9-24)30-19(17)31-14)7-13(21)22(23,20(28)33-21)10-29-18(27)11-5-3-2-4-6-11/h2-6,12-17,19,24-26H,7-10H2,1H3/t12-,13-,14+,15-,16+,17-,19-,21-,22-,23-/m1/s1. The van der Waals surface area contributed by atoms with Crippen LogP contribution in [-0.4, -0.2) is 88.5 Å². The summed E-state index contributed by atoms with van der Waals surface area (Å²) in [4.78, 5) is 26.0. The van der Waals surface area contributed by atoms with Crippen molar-refractivity contribution in [3.05, 3.63) is 35.9 Å². The number of aliphatic hydroxyl groups is 3. The van der Waals surface area contributed by atoms with Crippen LogP contribution in [0.15, 0.2) is 30.3 Å². The van der Waals surface area contributed by atoms with E-state index in [-0.39, 0.29) is 12.5 Å². The van der Waals surface area contributed by atoms with Crippen molar-refractivity contribution < 1.29 is 48.6 Å². The fourth-order valence-corrected chi connectivity index (χ4v) is 6.59. The number of fused-ring (bicyclic) bond motifs is 1. The Morgan fingerprint density at radius 1 is 1.15 bits per heavy atom. The molecule has 0 amide bonds. The molecular formula is C23H26O10. The molecule has 3 heterocycles. The highest BCUT2D eigenvalue weighted by molar-refractivity contribution is 5.90. The first-order valence-corrected chi connectivity index (χ1v) is 11.2. The number of benzene rings is 1. The summed E-state index contributed by atoms with van der Waals surface area (Å²) in [5, 5.41) is 30.5. The molecule has 0 aromatic heterocycles. The van der Waals surface area contributed by atoms with E-state index < -0.39 is 72.0 Å². The van der Waals surface area contributed by atoms with Crippen LogP contribution in [0.3, 0.4) is 0 Å². The summed E-state index contributed by atoms with van der Waals surface area (Å²) in [6.07, 6.45) is -5.79. The number of rotatable bonds is 4. The van der Waals surface area contributed by atoms with Crippen molar-refractivity contribution in [3.8, 4) is 0 Å². The first kappa shape index (κ1) is 21.5. The topological polar surface area (TPSA) is 141 Å². The van der Waals surface area contributed by atoms with E-state index in [2.05, 4.69) is 0 Å². The number of esters is 2. The van der Waals surface area contributed by atoms with Crippen molar-refractivity contribution in [2.45, 2.75) is 67.8 Å². The van der Waals surface area contributed by atoms with Crippen LogP contribution in [0.2, 0.25) is 0 Å². The highest BCUT2D eigenvalue weighted by atomic mass is 16.7. The minimum atomic E-state index is -1.40. The second kappa shape index (κ2) is 6.97. The van der Waals surface area contributed by atoms with Crippen LogP contribution in [0.5, 0.6) is 0 Å². The molecule has 0 unspecified atom stereocenters. The summed E-state index contributed by atoms with van der Waals surface area (Å²) in [7, 11) is 0. The molecule has 3 saturated heterocycles. The SMILES string of the molecule is C[C@@]12C[C@@H]3O[C@H]4O[C@H](CO)[C@@H](O)[C@H](O)[C@H]4O[C@]34C[C@H]1[C@]4(COC(=O)c1ccccc1)C(=O)O2. The van der Waals surface area contributed by atoms with Gasteiger partial charge in [-0.3, -0.25) is 4.79 Å². The fraction of sp³-hybridized carbons (Fsp3) is 0.652. The monoisotopic (exact) mass is 462 g/mol. The van der Waals surface area contributed by atoms with Crippen LogP contribution in [0.4, 0.5) is 0 Å². The Labute approximate surface area is 189 Å². The summed E-state index contributed by atoms with van der Waals surface area (Å²) in [5.41, 5.74) is -2.95. The molecule has 10 atom stereocenters. The summed E-state index contributed by atoms with van der Waals surface area (Å²) >= 11 is 0. The van der Waals surface area contributed by atoms with Crippen LogP contribution in [0, 0.1) is 11.3 Å². The number of ether oxygens (including phenoxy) is 5.